The lowest BCUT2D eigenvalue weighted by Gasteiger charge is -2.10. The first-order valence-electron chi connectivity index (χ1n) is 7.14. The maximum Gasteiger partial charge on any atom is 0.261 e. The van der Waals surface area contributed by atoms with Gasteiger partial charge in [-0.15, -0.1) is 0 Å². The molecule has 5 heteroatoms. The minimum atomic E-state index is -0.243. The molecular weight excluding hydrogens is 280 g/mol. The standard InChI is InChI=1S/C17H18N2O3/c1-11-10-21-12(2)15(11)17-18-16(19-22-17)14(20-3)9-13-7-5-4-6-8-13/h4-8,10,14H,9H2,1-3H3. The third kappa shape index (κ3) is 2.80. The Bertz CT molecular complexity index is 727. The molecule has 2 heterocycles. The van der Waals surface area contributed by atoms with Crippen LogP contribution >= 0.6 is 0 Å². The Hall–Kier alpha value is -2.40. The summed E-state index contributed by atoms with van der Waals surface area (Å²) in [6, 6.07) is 10.1. The number of aryl methyl sites for hydroxylation is 2. The van der Waals surface area contributed by atoms with Crippen molar-refractivity contribution in [3.8, 4) is 11.5 Å². The third-order valence-electron chi connectivity index (χ3n) is 3.65. The summed E-state index contributed by atoms with van der Waals surface area (Å²) in [5.74, 6) is 1.78. The van der Waals surface area contributed by atoms with Crippen molar-refractivity contribution in [2.24, 2.45) is 0 Å². The SMILES string of the molecule is COC(Cc1ccccc1)c1noc(-c2c(C)coc2C)n1. The van der Waals surface area contributed by atoms with E-state index in [4.69, 9.17) is 13.7 Å². The highest BCUT2D eigenvalue weighted by molar-refractivity contribution is 5.60. The number of benzene rings is 1. The van der Waals surface area contributed by atoms with Gasteiger partial charge >= 0.3 is 0 Å². The molecule has 22 heavy (non-hydrogen) atoms. The van der Waals surface area contributed by atoms with Crippen LogP contribution in [0.15, 0.2) is 45.5 Å². The zero-order valence-corrected chi connectivity index (χ0v) is 12.9. The van der Waals surface area contributed by atoms with Crippen molar-refractivity contribution in [1.29, 1.82) is 0 Å². The number of hydrogen-bond donors (Lipinski definition) is 0. The molecule has 1 atom stereocenters. The molecular formula is C17H18N2O3. The summed E-state index contributed by atoms with van der Waals surface area (Å²) in [7, 11) is 1.65. The molecule has 1 aromatic carbocycles. The maximum absolute atomic E-state index is 5.52. The number of hydrogen-bond acceptors (Lipinski definition) is 5. The predicted octanol–water partition coefficient (Wildman–Crippen LogP) is 3.88. The molecule has 0 saturated carbocycles. The Morgan fingerprint density at radius 1 is 1.18 bits per heavy atom. The average Bonchev–Trinajstić information content (AvgIpc) is 3.13. The largest absolute Gasteiger partial charge is 0.469 e. The molecule has 0 bridgehead atoms. The zero-order chi connectivity index (χ0) is 15.5. The molecule has 0 spiro atoms. The minimum Gasteiger partial charge on any atom is -0.469 e. The summed E-state index contributed by atoms with van der Waals surface area (Å²) in [5, 5.41) is 4.07. The van der Waals surface area contributed by atoms with Gasteiger partial charge in [0.05, 0.1) is 11.8 Å². The van der Waals surface area contributed by atoms with E-state index in [2.05, 4.69) is 22.3 Å². The Morgan fingerprint density at radius 2 is 1.95 bits per heavy atom. The van der Waals surface area contributed by atoms with Gasteiger partial charge < -0.3 is 13.7 Å². The van der Waals surface area contributed by atoms with Crippen molar-refractivity contribution < 1.29 is 13.7 Å². The van der Waals surface area contributed by atoms with Gasteiger partial charge in [-0.05, 0) is 19.4 Å². The highest BCUT2D eigenvalue weighted by Gasteiger charge is 2.22. The van der Waals surface area contributed by atoms with E-state index >= 15 is 0 Å². The first-order valence-corrected chi connectivity index (χ1v) is 7.14. The van der Waals surface area contributed by atoms with E-state index in [0.717, 1.165) is 22.5 Å². The Kier molecular flexibility index (Phi) is 4.06. The van der Waals surface area contributed by atoms with Crippen LogP contribution in [0.25, 0.3) is 11.5 Å². The third-order valence-corrected chi connectivity index (χ3v) is 3.65. The second-order valence-corrected chi connectivity index (χ2v) is 5.22. The summed E-state index contributed by atoms with van der Waals surface area (Å²) < 4.78 is 16.3. The molecule has 1 unspecified atom stereocenters. The number of ether oxygens (including phenoxy) is 1. The van der Waals surface area contributed by atoms with Gasteiger partial charge in [-0.3, -0.25) is 0 Å². The Balaban J connectivity index is 1.85. The summed E-state index contributed by atoms with van der Waals surface area (Å²) in [5.41, 5.74) is 2.99. The van der Waals surface area contributed by atoms with Crippen LogP contribution in [0.4, 0.5) is 0 Å². The average molecular weight is 298 g/mol. The number of aromatic nitrogens is 2. The van der Waals surface area contributed by atoms with Crippen LogP contribution in [-0.2, 0) is 11.2 Å². The van der Waals surface area contributed by atoms with E-state index in [1.54, 1.807) is 13.4 Å². The topological polar surface area (TPSA) is 61.3 Å². The molecule has 3 rings (SSSR count). The lowest BCUT2D eigenvalue weighted by molar-refractivity contribution is 0.0938. The van der Waals surface area contributed by atoms with Gasteiger partial charge in [0, 0.05) is 19.1 Å². The summed E-state index contributed by atoms with van der Waals surface area (Å²) >= 11 is 0. The molecule has 0 aliphatic heterocycles. The van der Waals surface area contributed by atoms with Crippen molar-refractivity contribution in [3.05, 3.63) is 59.3 Å². The molecule has 5 nitrogen and oxygen atoms in total. The molecule has 0 N–H and O–H groups in total. The maximum atomic E-state index is 5.52. The highest BCUT2D eigenvalue weighted by atomic mass is 16.5. The van der Waals surface area contributed by atoms with Crippen molar-refractivity contribution in [2.75, 3.05) is 7.11 Å². The van der Waals surface area contributed by atoms with Crippen LogP contribution in [0.3, 0.4) is 0 Å². The van der Waals surface area contributed by atoms with E-state index in [1.165, 1.54) is 0 Å². The number of methoxy groups -OCH3 is 1. The molecule has 0 amide bonds. The highest BCUT2D eigenvalue weighted by Crippen LogP contribution is 2.29. The molecule has 0 radical (unpaired) electrons. The van der Waals surface area contributed by atoms with E-state index in [0.29, 0.717) is 18.1 Å². The number of nitrogens with zero attached hydrogens (tertiary/aromatic N) is 2. The van der Waals surface area contributed by atoms with Crippen molar-refractivity contribution in [2.45, 2.75) is 26.4 Å². The van der Waals surface area contributed by atoms with Crippen LogP contribution in [0.1, 0.15) is 28.8 Å². The lowest BCUT2D eigenvalue weighted by Crippen LogP contribution is -2.07. The second kappa shape index (κ2) is 6.15. The molecule has 0 fully saturated rings. The zero-order valence-electron chi connectivity index (χ0n) is 12.9. The molecule has 0 aliphatic rings. The van der Waals surface area contributed by atoms with Crippen LogP contribution in [0.2, 0.25) is 0 Å². The Morgan fingerprint density at radius 3 is 2.59 bits per heavy atom. The number of furan rings is 1. The second-order valence-electron chi connectivity index (χ2n) is 5.22. The monoisotopic (exact) mass is 298 g/mol. The summed E-state index contributed by atoms with van der Waals surface area (Å²) in [6.45, 7) is 3.83. The van der Waals surface area contributed by atoms with Gasteiger partial charge in [0.2, 0.25) is 5.82 Å². The smallest absolute Gasteiger partial charge is 0.261 e. The van der Waals surface area contributed by atoms with Crippen LogP contribution in [-0.4, -0.2) is 17.3 Å². The molecule has 0 saturated heterocycles. The van der Waals surface area contributed by atoms with Gasteiger partial charge in [0.1, 0.15) is 11.9 Å². The van der Waals surface area contributed by atoms with Crippen LogP contribution in [0, 0.1) is 13.8 Å². The minimum absolute atomic E-state index is 0.243. The van der Waals surface area contributed by atoms with Gasteiger partial charge in [0.15, 0.2) is 0 Å². The first-order chi connectivity index (χ1) is 10.7. The van der Waals surface area contributed by atoms with Crippen molar-refractivity contribution in [1.82, 2.24) is 10.1 Å². The van der Waals surface area contributed by atoms with Gasteiger partial charge in [0.25, 0.3) is 5.89 Å². The van der Waals surface area contributed by atoms with Crippen molar-refractivity contribution >= 4 is 0 Å². The van der Waals surface area contributed by atoms with Crippen molar-refractivity contribution in [3.63, 3.8) is 0 Å². The summed E-state index contributed by atoms with van der Waals surface area (Å²) in [6.07, 6.45) is 2.14. The number of rotatable bonds is 5. The van der Waals surface area contributed by atoms with Gasteiger partial charge in [-0.25, -0.2) is 0 Å². The predicted molar refractivity (Wildman–Crippen MR) is 81.4 cm³/mol. The van der Waals surface area contributed by atoms with Gasteiger partial charge in [-0.2, -0.15) is 4.98 Å². The van der Waals surface area contributed by atoms with E-state index in [9.17, 15) is 0 Å². The lowest BCUT2D eigenvalue weighted by atomic mass is 10.1. The molecule has 114 valence electrons. The fourth-order valence-corrected chi connectivity index (χ4v) is 2.47. The normalized spacial score (nSPS) is 12.5. The van der Waals surface area contributed by atoms with Crippen LogP contribution < -0.4 is 0 Å². The fraction of sp³-hybridized carbons (Fsp3) is 0.294. The Labute approximate surface area is 128 Å². The quantitative estimate of drug-likeness (QED) is 0.715. The summed E-state index contributed by atoms with van der Waals surface area (Å²) in [4.78, 5) is 4.48. The first kappa shape index (κ1) is 14.5. The fourth-order valence-electron chi connectivity index (χ4n) is 2.47. The van der Waals surface area contributed by atoms with E-state index in [1.807, 2.05) is 32.0 Å². The van der Waals surface area contributed by atoms with E-state index in [-0.39, 0.29) is 6.10 Å². The molecule has 3 aromatic rings. The van der Waals surface area contributed by atoms with Crippen LogP contribution in [0.5, 0.6) is 0 Å². The van der Waals surface area contributed by atoms with E-state index < -0.39 is 0 Å². The van der Waals surface area contributed by atoms with Gasteiger partial charge in [-0.1, -0.05) is 35.5 Å². The molecule has 0 aliphatic carbocycles. The molecule has 2 aromatic heterocycles.